The summed E-state index contributed by atoms with van der Waals surface area (Å²) in [6.45, 7) is 2.46. The fraction of sp³-hybridized carbons (Fsp3) is 0.429. The molecule has 10 heteroatoms. The Kier molecular flexibility index (Phi) is 8.47. The Labute approximate surface area is 193 Å². The first-order valence-corrected chi connectivity index (χ1v) is 10.6. The number of alkyl halides is 3. The van der Waals surface area contributed by atoms with Crippen LogP contribution in [0.25, 0.3) is 0 Å². The van der Waals surface area contributed by atoms with Crippen LogP contribution < -0.4 is 5.32 Å². The maximum absolute atomic E-state index is 13.5. The number of allylic oxidation sites excluding steroid dienone is 4. The molecule has 0 spiro atoms. The third-order valence-electron chi connectivity index (χ3n) is 5.23. The average molecular weight is 499 g/mol. The molecule has 1 aliphatic rings. The molecule has 31 heavy (non-hydrogen) atoms. The largest absolute Gasteiger partial charge is 0.481 e. The average Bonchev–Trinajstić information content (AvgIpc) is 2.66. The Hall–Kier alpha value is -1.70. The summed E-state index contributed by atoms with van der Waals surface area (Å²) < 4.78 is 40.6. The van der Waals surface area contributed by atoms with Crippen LogP contribution in [0.1, 0.15) is 25.8 Å². The van der Waals surface area contributed by atoms with Crippen molar-refractivity contribution in [1.82, 2.24) is 0 Å². The normalized spacial score (nSPS) is 19.7. The van der Waals surface area contributed by atoms with Crippen molar-refractivity contribution >= 4 is 52.4 Å². The van der Waals surface area contributed by atoms with E-state index in [-0.39, 0.29) is 33.6 Å². The Bertz CT molecular complexity index is 915. The van der Waals surface area contributed by atoms with Crippen molar-refractivity contribution in [3.63, 3.8) is 0 Å². The van der Waals surface area contributed by atoms with Gasteiger partial charge in [-0.15, -0.1) is 0 Å². The van der Waals surface area contributed by atoms with Gasteiger partial charge in [0, 0.05) is 0 Å². The van der Waals surface area contributed by atoms with Crippen LogP contribution in [-0.4, -0.2) is 23.2 Å². The lowest BCUT2D eigenvalue weighted by Crippen LogP contribution is -2.40. The number of halogens is 6. The van der Waals surface area contributed by atoms with E-state index in [9.17, 15) is 22.8 Å². The molecule has 2 rings (SSSR count). The van der Waals surface area contributed by atoms with Gasteiger partial charge in [0.05, 0.1) is 38.5 Å². The van der Waals surface area contributed by atoms with Crippen LogP contribution in [0.4, 0.5) is 18.9 Å². The molecule has 1 amide bonds. The number of carboxylic acid groups (broad SMARTS) is 1. The summed E-state index contributed by atoms with van der Waals surface area (Å²) in [4.78, 5) is 24.1. The molecule has 0 bridgehead atoms. The first kappa shape index (κ1) is 25.6. The van der Waals surface area contributed by atoms with Gasteiger partial charge in [-0.2, -0.15) is 13.2 Å². The molecule has 1 aromatic rings. The highest BCUT2D eigenvalue weighted by Gasteiger charge is 2.47. The maximum atomic E-state index is 13.5. The number of carboxylic acids is 1. The first-order valence-electron chi connectivity index (χ1n) is 9.43. The van der Waals surface area contributed by atoms with Gasteiger partial charge in [0.2, 0.25) is 5.91 Å². The summed E-state index contributed by atoms with van der Waals surface area (Å²) in [6, 6.07) is 4.53. The van der Waals surface area contributed by atoms with Crippen LogP contribution in [0.3, 0.4) is 0 Å². The van der Waals surface area contributed by atoms with Gasteiger partial charge in [-0.1, -0.05) is 66.9 Å². The SMILES string of the molecule is C[C@H]([C@H](C(=O)Nc1cc(C[C@H](C)C(=O)O)ccc1Cl)C1C=C(Cl)C(Cl)=CC1)C(F)(F)F. The van der Waals surface area contributed by atoms with Crippen LogP contribution in [0.5, 0.6) is 0 Å². The van der Waals surface area contributed by atoms with Crippen molar-refractivity contribution in [2.45, 2.75) is 32.9 Å². The van der Waals surface area contributed by atoms with Gasteiger partial charge in [-0.05, 0) is 36.5 Å². The number of nitrogens with one attached hydrogen (secondary N) is 1. The molecule has 2 N–H and O–H groups in total. The topological polar surface area (TPSA) is 66.4 Å². The molecule has 170 valence electrons. The standard InChI is InChI=1S/C21H21Cl3F3NO3/c1-10(20(30)31)7-12-3-5-15(23)17(8-12)28-19(29)18(11(2)21(25,26)27)13-4-6-14(22)16(24)9-13/h3,5-6,8-11,13,18H,4,7H2,1-2H3,(H,28,29)(H,30,31)/t10-,11+,13?,18-/m0/s1. The molecule has 0 heterocycles. The number of carbonyl (C=O) groups excluding carboxylic acids is 1. The van der Waals surface area contributed by atoms with Crippen LogP contribution in [0, 0.1) is 23.7 Å². The number of aliphatic carboxylic acids is 1. The van der Waals surface area contributed by atoms with Crippen molar-refractivity contribution in [1.29, 1.82) is 0 Å². The molecule has 0 aromatic heterocycles. The van der Waals surface area contributed by atoms with Gasteiger partial charge in [-0.3, -0.25) is 9.59 Å². The molecule has 0 aliphatic heterocycles. The molecule has 4 atom stereocenters. The quantitative estimate of drug-likeness (QED) is 0.444. The van der Waals surface area contributed by atoms with E-state index in [0.717, 1.165) is 6.92 Å². The second kappa shape index (κ2) is 10.3. The van der Waals surface area contributed by atoms with E-state index in [1.807, 2.05) is 0 Å². The molecule has 1 unspecified atom stereocenters. The molecule has 4 nitrogen and oxygen atoms in total. The van der Waals surface area contributed by atoms with Crippen LogP contribution in [0.15, 0.2) is 40.4 Å². The lowest BCUT2D eigenvalue weighted by molar-refractivity contribution is -0.188. The third kappa shape index (κ3) is 6.64. The first-order chi connectivity index (χ1) is 14.3. The molecular weight excluding hydrogens is 478 g/mol. The second-order valence-electron chi connectivity index (χ2n) is 7.57. The Morgan fingerprint density at radius 1 is 1.19 bits per heavy atom. The van der Waals surface area contributed by atoms with Crippen LogP contribution >= 0.6 is 34.8 Å². The minimum absolute atomic E-state index is 0.0905. The van der Waals surface area contributed by atoms with Crippen LogP contribution in [-0.2, 0) is 16.0 Å². The zero-order valence-electron chi connectivity index (χ0n) is 16.6. The predicted octanol–water partition coefficient (Wildman–Crippen LogP) is 6.62. The van der Waals surface area contributed by atoms with E-state index in [2.05, 4.69) is 5.32 Å². The van der Waals surface area contributed by atoms with Crippen molar-refractivity contribution in [2.24, 2.45) is 23.7 Å². The summed E-state index contributed by atoms with van der Waals surface area (Å²) in [6.07, 6.45) is -1.48. The third-order valence-corrected chi connectivity index (χ3v) is 6.34. The number of rotatable bonds is 7. The van der Waals surface area contributed by atoms with E-state index < -0.39 is 41.7 Å². The minimum Gasteiger partial charge on any atom is -0.481 e. The number of amides is 1. The highest BCUT2D eigenvalue weighted by atomic mass is 35.5. The summed E-state index contributed by atoms with van der Waals surface area (Å²) in [5, 5.41) is 12.0. The Balaban J connectivity index is 2.33. The van der Waals surface area contributed by atoms with Gasteiger partial charge >= 0.3 is 12.1 Å². The maximum Gasteiger partial charge on any atom is 0.392 e. The second-order valence-corrected chi connectivity index (χ2v) is 8.79. The van der Waals surface area contributed by atoms with Crippen molar-refractivity contribution in [3.8, 4) is 0 Å². The van der Waals surface area contributed by atoms with Crippen molar-refractivity contribution in [2.75, 3.05) is 5.32 Å². The zero-order valence-corrected chi connectivity index (χ0v) is 18.9. The minimum atomic E-state index is -4.62. The number of anilines is 1. The van der Waals surface area contributed by atoms with Gasteiger partial charge in [0.15, 0.2) is 0 Å². The smallest absolute Gasteiger partial charge is 0.392 e. The monoisotopic (exact) mass is 497 g/mol. The Morgan fingerprint density at radius 2 is 1.84 bits per heavy atom. The van der Waals surface area contributed by atoms with Gasteiger partial charge in [0.1, 0.15) is 0 Å². The highest BCUT2D eigenvalue weighted by molar-refractivity contribution is 6.44. The molecule has 0 radical (unpaired) electrons. The van der Waals surface area contributed by atoms with Gasteiger partial charge in [-0.25, -0.2) is 0 Å². The molecule has 1 aromatic carbocycles. The molecular formula is C21H21Cl3F3NO3. The number of hydrogen-bond acceptors (Lipinski definition) is 2. The summed E-state index contributed by atoms with van der Waals surface area (Å²) in [5.41, 5.74) is 0.686. The lowest BCUT2D eigenvalue weighted by Gasteiger charge is -2.31. The molecule has 0 saturated heterocycles. The van der Waals surface area contributed by atoms with Gasteiger partial charge in [0.25, 0.3) is 0 Å². The predicted molar refractivity (Wildman–Crippen MR) is 115 cm³/mol. The van der Waals surface area contributed by atoms with E-state index >= 15 is 0 Å². The molecule has 1 aliphatic carbocycles. The molecule has 0 fully saturated rings. The van der Waals surface area contributed by atoms with E-state index in [0.29, 0.717) is 5.56 Å². The molecule has 0 saturated carbocycles. The zero-order chi connectivity index (χ0) is 23.5. The van der Waals surface area contributed by atoms with E-state index in [1.165, 1.54) is 31.2 Å². The fourth-order valence-electron chi connectivity index (χ4n) is 3.37. The summed E-state index contributed by atoms with van der Waals surface area (Å²) >= 11 is 18.0. The number of benzene rings is 1. The highest BCUT2D eigenvalue weighted by Crippen LogP contribution is 2.41. The lowest BCUT2D eigenvalue weighted by atomic mass is 9.78. The van der Waals surface area contributed by atoms with E-state index in [4.69, 9.17) is 39.9 Å². The summed E-state index contributed by atoms with van der Waals surface area (Å²) in [7, 11) is 0. The van der Waals surface area contributed by atoms with Gasteiger partial charge < -0.3 is 10.4 Å². The fourth-order valence-corrected chi connectivity index (χ4v) is 3.93. The van der Waals surface area contributed by atoms with Crippen LogP contribution in [0.2, 0.25) is 5.02 Å². The van der Waals surface area contributed by atoms with Crippen molar-refractivity contribution < 1.29 is 27.9 Å². The summed E-state index contributed by atoms with van der Waals surface area (Å²) in [5.74, 6) is -6.81. The van der Waals surface area contributed by atoms with E-state index in [1.54, 1.807) is 6.07 Å². The number of hydrogen-bond donors (Lipinski definition) is 2. The number of carbonyl (C=O) groups is 2. The Morgan fingerprint density at radius 3 is 2.39 bits per heavy atom. The van der Waals surface area contributed by atoms with Crippen molar-refractivity contribution in [3.05, 3.63) is 51.0 Å².